The monoisotopic (exact) mass is 304 g/mol. The van der Waals surface area contributed by atoms with E-state index in [0.717, 1.165) is 6.42 Å². The molecule has 0 aliphatic rings. The van der Waals surface area contributed by atoms with Gasteiger partial charge in [-0.05, 0) is 45.0 Å². The van der Waals surface area contributed by atoms with Crippen molar-refractivity contribution in [1.82, 2.24) is 15.5 Å². The molecule has 0 aromatic carbocycles. The Balaban J connectivity index is 1.92. The van der Waals surface area contributed by atoms with Crippen LogP contribution < -0.4 is 10.6 Å². The number of aryl methyl sites for hydroxylation is 1. The molecule has 21 heavy (non-hydrogen) atoms. The third-order valence-corrected chi connectivity index (χ3v) is 3.96. The third kappa shape index (κ3) is 4.53. The summed E-state index contributed by atoms with van der Waals surface area (Å²) in [5.41, 5.74) is 0.337. The van der Waals surface area contributed by atoms with Gasteiger partial charge in [-0.2, -0.15) is 0 Å². The van der Waals surface area contributed by atoms with Gasteiger partial charge < -0.3 is 10.6 Å². The summed E-state index contributed by atoms with van der Waals surface area (Å²) in [5.74, 6) is 0.488. The summed E-state index contributed by atoms with van der Waals surface area (Å²) in [6.45, 7) is 6.67. The highest BCUT2D eigenvalue weighted by atomic mass is 32.1. The average molecular weight is 304 g/mol. The van der Waals surface area contributed by atoms with Gasteiger partial charge in [0.15, 0.2) is 5.69 Å². The van der Waals surface area contributed by atoms with E-state index in [1.165, 1.54) is 9.75 Å². The van der Waals surface area contributed by atoms with E-state index in [0.29, 0.717) is 18.1 Å². The zero-order valence-electron chi connectivity index (χ0n) is 12.5. The van der Waals surface area contributed by atoms with Crippen LogP contribution in [-0.4, -0.2) is 28.7 Å². The number of carbonyl (C=O) groups excluding carboxylic acids is 1. The first-order chi connectivity index (χ1) is 10.1. The van der Waals surface area contributed by atoms with E-state index < -0.39 is 0 Å². The van der Waals surface area contributed by atoms with Gasteiger partial charge in [0.25, 0.3) is 5.91 Å². The lowest BCUT2D eigenvalue weighted by Crippen LogP contribution is -2.24. The van der Waals surface area contributed by atoms with E-state index in [4.69, 9.17) is 0 Å². The molecule has 5 nitrogen and oxygen atoms in total. The van der Waals surface area contributed by atoms with Crippen molar-refractivity contribution in [3.63, 3.8) is 0 Å². The van der Waals surface area contributed by atoms with Crippen LogP contribution in [-0.2, 0) is 6.42 Å². The molecule has 2 rings (SSSR count). The standard InChI is InChI=1S/C15H20N4OS/c1-4-16-15(20)13-7-8-14(19-18-13)17-10(2)9-12-6-5-11(3)21-12/h5-8,10H,4,9H2,1-3H3,(H,16,20)(H,17,19). The Bertz CT molecular complexity index is 594. The van der Waals surface area contributed by atoms with Crippen LogP contribution in [0.1, 0.15) is 34.1 Å². The number of thiophene rings is 1. The Morgan fingerprint density at radius 3 is 2.67 bits per heavy atom. The molecule has 0 aliphatic heterocycles. The minimum atomic E-state index is -0.196. The number of hydrogen-bond donors (Lipinski definition) is 2. The van der Waals surface area contributed by atoms with Crippen LogP contribution in [0.25, 0.3) is 0 Å². The molecule has 1 unspecified atom stereocenters. The number of nitrogens with one attached hydrogen (secondary N) is 2. The maximum absolute atomic E-state index is 11.6. The first kappa shape index (κ1) is 15.4. The Morgan fingerprint density at radius 2 is 2.10 bits per heavy atom. The largest absolute Gasteiger partial charge is 0.366 e. The lowest BCUT2D eigenvalue weighted by molar-refractivity contribution is 0.0950. The highest BCUT2D eigenvalue weighted by molar-refractivity contribution is 7.11. The Morgan fingerprint density at radius 1 is 1.29 bits per heavy atom. The lowest BCUT2D eigenvalue weighted by atomic mass is 10.2. The Hall–Kier alpha value is -1.95. The van der Waals surface area contributed by atoms with E-state index in [1.54, 1.807) is 12.1 Å². The van der Waals surface area contributed by atoms with E-state index >= 15 is 0 Å². The molecule has 0 saturated heterocycles. The average Bonchev–Trinajstić information content (AvgIpc) is 2.85. The summed E-state index contributed by atoms with van der Waals surface area (Å²) in [7, 11) is 0. The van der Waals surface area contributed by atoms with Gasteiger partial charge >= 0.3 is 0 Å². The minimum absolute atomic E-state index is 0.196. The molecular weight excluding hydrogens is 284 g/mol. The molecule has 0 radical (unpaired) electrons. The van der Waals surface area contributed by atoms with Crippen molar-refractivity contribution in [2.24, 2.45) is 0 Å². The molecule has 2 aromatic heterocycles. The second kappa shape index (κ2) is 7.17. The van der Waals surface area contributed by atoms with Crippen molar-refractivity contribution < 1.29 is 4.79 Å². The molecule has 112 valence electrons. The van der Waals surface area contributed by atoms with Crippen LogP contribution in [0.15, 0.2) is 24.3 Å². The molecule has 0 bridgehead atoms. The van der Waals surface area contributed by atoms with E-state index in [-0.39, 0.29) is 11.9 Å². The van der Waals surface area contributed by atoms with Gasteiger partial charge in [-0.1, -0.05) is 0 Å². The van der Waals surface area contributed by atoms with Gasteiger partial charge in [0.1, 0.15) is 5.82 Å². The van der Waals surface area contributed by atoms with E-state index in [9.17, 15) is 4.79 Å². The minimum Gasteiger partial charge on any atom is -0.366 e. The fourth-order valence-corrected chi connectivity index (χ4v) is 3.00. The first-order valence-corrected chi connectivity index (χ1v) is 7.84. The smallest absolute Gasteiger partial charge is 0.271 e. The number of anilines is 1. The summed E-state index contributed by atoms with van der Waals surface area (Å²) in [4.78, 5) is 14.3. The maximum Gasteiger partial charge on any atom is 0.271 e. The Labute approximate surface area is 128 Å². The van der Waals surface area contributed by atoms with Gasteiger partial charge in [0.05, 0.1) is 0 Å². The van der Waals surface area contributed by atoms with Crippen molar-refractivity contribution in [2.75, 3.05) is 11.9 Å². The van der Waals surface area contributed by atoms with Crippen molar-refractivity contribution in [3.8, 4) is 0 Å². The summed E-state index contributed by atoms with van der Waals surface area (Å²) in [6, 6.07) is 8.01. The zero-order valence-corrected chi connectivity index (χ0v) is 13.3. The molecule has 2 aromatic rings. The molecule has 0 fully saturated rings. The maximum atomic E-state index is 11.6. The van der Waals surface area contributed by atoms with Crippen LogP contribution in [0.4, 0.5) is 5.82 Å². The number of carbonyl (C=O) groups is 1. The van der Waals surface area contributed by atoms with Crippen molar-refractivity contribution in [3.05, 3.63) is 39.7 Å². The fourth-order valence-electron chi connectivity index (χ4n) is 1.98. The second-order valence-corrected chi connectivity index (χ2v) is 6.30. The van der Waals surface area contributed by atoms with Gasteiger partial charge in [-0.15, -0.1) is 21.5 Å². The molecule has 2 N–H and O–H groups in total. The summed E-state index contributed by atoms with van der Waals surface area (Å²) in [6.07, 6.45) is 0.943. The molecule has 2 heterocycles. The number of aromatic nitrogens is 2. The summed E-state index contributed by atoms with van der Waals surface area (Å²) < 4.78 is 0. The fraction of sp³-hybridized carbons (Fsp3) is 0.400. The topological polar surface area (TPSA) is 66.9 Å². The molecule has 1 amide bonds. The summed E-state index contributed by atoms with van der Waals surface area (Å²) in [5, 5.41) is 14.0. The van der Waals surface area contributed by atoms with Crippen molar-refractivity contribution in [2.45, 2.75) is 33.2 Å². The molecule has 1 atom stereocenters. The highest BCUT2D eigenvalue weighted by Gasteiger charge is 2.09. The van der Waals surface area contributed by atoms with Crippen molar-refractivity contribution >= 4 is 23.1 Å². The number of amides is 1. The molecule has 0 spiro atoms. The van der Waals surface area contributed by atoms with Crippen LogP contribution in [0.3, 0.4) is 0 Å². The molecule has 6 heteroatoms. The predicted molar refractivity (Wildman–Crippen MR) is 85.9 cm³/mol. The molecule has 0 aliphatic carbocycles. The van der Waals surface area contributed by atoms with Gasteiger partial charge in [-0.3, -0.25) is 4.79 Å². The number of hydrogen-bond acceptors (Lipinski definition) is 5. The normalized spacial score (nSPS) is 12.0. The molecular formula is C15H20N4OS. The van der Waals surface area contributed by atoms with Gasteiger partial charge in [0.2, 0.25) is 0 Å². The SMILES string of the molecule is CCNC(=O)c1ccc(NC(C)Cc2ccc(C)s2)nn1. The van der Waals surface area contributed by atoms with Crippen molar-refractivity contribution in [1.29, 1.82) is 0 Å². The second-order valence-electron chi connectivity index (χ2n) is 4.93. The first-order valence-electron chi connectivity index (χ1n) is 7.02. The van der Waals surface area contributed by atoms with E-state index in [2.05, 4.69) is 46.8 Å². The van der Waals surface area contributed by atoms with Gasteiger partial charge in [-0.25, -0.2) is 0 Å². The number of rotatable bonds is 6. The zero-order chi connectivity index (χ0) is 15.2. The van der Waals surface area contributed by atoms with Crippen LogP contribution in [0.5, 0.6) is 0 Å². The van der Waals surface area contributed by atoms with Crippen LogP contribution >= 0.6 is 11.3 Å². The lowest BCUT2D eigenvalue weighted by Gasteiger charge is -2.13. The van der Waals surface area contributed by atoms with Crippen LogP contribution in [0, 0.1) is 6.92 Å². The summed E-state index contributed by atoms with van der Waals surface area (Å²) >= 11 is 1.81. The molecule has 0 saturated carbocycles. The van der Waals surface area contributed by atoms with E-state index in [1.807, 2.05) is 18.3 Å². The van der Waals surface area contributed by atoms with Crippen LogP contribution in [0.2, 0.25) is 0 Å². The quantitative estimate of drug-likeness (QED) is 0.861. The number of nitrogens with zero attached hydrogens (tertiary/aromatic N) is 2. The highest BCUT2D eigenvalue weighted by Crippen LogP contribution is 2.17. The Kier molecular flexibility index (Phi) is 5.27. The van der Waals surface area contributed by atoms with Gasteiger partial charge in [0, 0.05) is 28.8 Å². The third-order valence-electron chi connectivity index (χ3n) is 2.93. The predicted octanol–water partition coefficient (Wildman–Crippen LogP) is 2.64.